The molecule has 24 heavy (non-hydrogen) atoms. The third kappa shape index (κ3) is 4.51. The second-order valence-electron chi connectivity index (χ2n) is 7.13. The molecule has 0 spiro atoms. The molecule has 0 aliphatic heterocycles. The lowest BCUT2D eigenvalue weighted by Gasteiger charge is -2.34. The molecule has 0 bridgehead atoms. The van der Waals surface area contributed by atoms with Gasteiger partial charge in [0.25, 0.3) is 5.69 Å². The Morgan fingerprint density at radius 2 is 2.08 bits per heavy atom. The van der Waals surface area contributed by atoms with Gasteiger partial charge in [-0.2, -0.15) is 5.10 Å². The van der Waals surface area contributed by atoms with E-state index in [9.17, 15) is 18.5 Å². The lowest BCUT2D eigenvalue weighted by molar-refractivity contribution is -0.384. The van der Waals surface area contributed by atoms with Crippen LogP contribution >= 0.6 is 0 Å². The van der Waals surface area contributed by atoms with E-state index in [1.807, 2.05) is 0 Å². The molecule has 1 saturated carbocycles. The van der Waals surface area contributed by atoms with Gasteiger partial charge in [0.15, 0.2) is 0 Å². The predicted molar refractivity (Wildman–Crippen MR) is 92.3 cm³/mol. The van der Waals surface area contributed by atoms with E-state index in [0.29, 0.717) is 5.92 Å². The molecular formula is C15H22N4O4S. The Kier molecular flexibility index (Phi) is 4.95. The molecule has 1 aliphatic carbocycles. The number of nitro groups is 1. The number of hydrazone groups is 1. The Hall–Kier alpha value is -2.00. The molecule has 0 heterocycles. The lowest BCUT2D eigenvalue weighted by Crippen LogP contribution is -2.28. The van der Waals surface area contributed by atoms with Gasteiger partial charge in [0.1, 0.15) is 5.69 Å². The number of nitrogens with zero attached hydrogens (tertiary/aromatic N) is 2. The minimum absolute atomic E-state index is 0.135. The molecule has 1 atom stereocenters. The van der Waals surface area contributed by atoms with E-state index in [2.05, 4.69) is 31.3 Å². The maximum atomic E-state index is 11.3. The average Bonchev–Trinajstić information content (AvgIpc) is 2.41. The highest BCUT2D eigenvalue weighted by molar-refractivity contribution is 7.89. The topological polar surface area (TPSA) is 128 Å². The molecule has 0 unspecified atom stereocenters. The van der Waals surface area contributed by atoms with Crippen molar-refractivity contribution in [3.8, 4) is 0 Å². The minimum atomic E-state index is -4.00. The van der Waals surface area contributed by atoms with Crippen molar-refractivity contribution in [1.29, 1.82) is 0 Å². The van der Waals surface area contributed by atoms with E-state index in [1.165, 1.54) is 12.1 Å². The van der Waals surface area contributed by atoms with Crippen LogP contribution < -0.4 is 10.6 Å². The van der Waals surface area contributed by atoms with Crippen LogP contribution in [-0.4, -0.2) is 19.1 Å². The van der Waals surface area contributed by atoms with Crippen LogP contribution in [0.15, 0.2) is 28.2 Å². The molecule has 0 aromatic heterocycles. The zero-order valence-corrected chi connectivity index (χ0v) is 14.8. The molecule has 3 N–H and O–H groups in total. The Morgan fingerprint density at radius 3 is 2.62 bits per heavy atom. The Labute approximate surface area is 141 Å². The van der Waals surface area contributed by atoms with E-state index in [0.717, 1.165) is 31.0 Å². The van der Waals surface area contributed by atoms with Crippen molar-refractivity contribution in [2.75, 3.05) is 5.43 Å². The monoisotopic (exact) mass is 354 g/mol. The second-order valence-corrected chi connectivity index (χ2v) is 8.69. The van der Waals surface area contributed by atoms with Gasteiger partial charge in [0, 0.05) is 11.8 Å². The Morgan fingerprint density at radius 1 is 1.42 bits per heavy atom. The summed E-state index contributed by atoms with van der Waals surface area (Å²) in [4.78, 5) is 10.2. The van der Waals surface area contributed by atoms with Crippen LogP contribution in [0.5, 0.6) is 0 Å². The summed E-state index contributed by atoms with van der Waals surface area (Å²) >= 11 is 0. The summed E-state index contributed by atoms with van der Waals surface area (Å²) in [5.41, 5.74) is 3.55. The first kappa shape index (κ1) is 18.3. The Balaban J connectivity index is 2.29. The summed E-state index contributed by atoms with van der Waals surface area (Å²) < 4.78 is 22.7. The highest BCUT2D eigenvalue weighted by Crippen LogP contribution is 2.37. The minimum Gasteiger partial charge on any atom is -0.272 e. The normalized spacial score (nSPS) is 22.3. The molecule has 2 rings (SSSR count). The predicted octanol–water partition coefficient (Wildman–Crippen LogP) is 2.86. The molecule has 0 amide bonds. The van der Waals surface area contributed by atoms with Gasteiger partial charge in [-0.3, -0.25) is 15.5 Å². The van der Waals surface area contributed by atoms with Crippen molar-refractivity contribution in [2.24, 2.45) is 21.6 Å². The fourth-order valence-electron chi connectivity index (χ4n) is 3.27. The number of hydrogen-bond acceptors (Lipinski definition) is 6. The SMILES string of the molecule is C[C@@H]1C/C(=N/Nc2ccc(S(N)(=O)=O)cc2[N+](=O)[O-])CC(C)(C)C1. The van der Waals surface area contributed by atoms with Gasteiger partial charge in [-0.1, -0.05) is 20.8 Å². The number of primary sulfonamides is 1. The molecule has 8 nitrogen and oxygen atoms in total. The first-order chi connectivity index (χ1) is 11.0. The molecule has 132 valence electrons. The van der Waals surface area contributed by atoms with E-state index in [1.54, 1.807) is 0 Å². The first-order valence-electron chi connectivity index (χ1n) is 7.61. The quantitative estimate of drug-likeness (QED) is 0.634. The molecule has 1 aromatic rings. The zero-order chi connectivity index (χ0) is 18.1. The van der Waals surface area contributed by atoms with Gasteiger partial charge in [-0.05, 0) is 42.7 Å². The number of nitrogens with one attached hydrogen (secondary N) is 1. The van der Waals surface area contributed by atoms with Crippen LogP contribution in [0.4, 0.5) is 11.4 Å². The summed E-state index contributed by atoms with van der Waals surface area (Å²) in [7, 11) is -4.00. The Bertz CT molecular complexity index is 787. The summed E-state index contributed by atoms with van der Waals surface area (Å²) in [6, 6.07) is 3.46. The summed E-state index contributed by atoms with van der Waals surface area (Å²) in [6.45, 7) is 6.49. The summed E-state index contributed by atoms with van der Waals surface area (Å²) in [5.74, 6) is 0.494. The molecule has 9 heteroatoms. The number of rotatable bonds is 4. The number of nitrogens with two attached hydrogens (primary N) is 1. The van der Waals surface area contributed by atoms with Gasteiger partial charge in [-0.25, -0.2) is 13.6 Å². The highest BCUT2D eigenvalue weighted by Gasteiger charge is 2.29. The summed E-state index contributed by atoms with van der Waals surface area (Å²) in [5, 5.41) is 20.5. The summed E-state index contributed by atoms with van der Waals surface area (Å²) in [6.07, 6.45) is 2.75. The van der Waals surface area contributed by atoms with Gasteiger partial charge in [0.05, 0.1) is 9.82 Å². The molecule has 0 radical (unpaired) electrons. The van der Waals surface area contributed by atoms with Crippen molar-refractivity contribution < 1.29 is 13.3 Å². The van der Waals surface area contributed by atoms with Gasteiger partial charge in [-0.15, -0.1) is 0 Å². The highest BCUT2D eigenvalue weighted by atomic mass is 32.2. The van der Waals surface area contributed by atoms with Crippen LogP contribution in [0.1, 0.15) is 40.0 Å². The van der Waals surface area contributed by atoms with Crippen LogP contribution in [0.25, 0.3) is 0 Å². The van der Waals surface area contributed by atoms with E-state index >= 15 is 0 Å². The molecule has 0 saturated heterocycles. The number of benzene rings is 1. The van der Waals surface area contributed by atoms with Gasteiger partial charge in [0.2, 0.25) is 10.0 Å². The zero-order valence-electron chi connectivity index (χ0n) is 13.9. The fraction of sp³-hybridized carbons (Fsp3) is 0.533. The van der Waals surface area contributed by atoms with E-state index < -0.39 is 14.9 Å². The van der Waals surface area contributed by atoms with Crippen LogP contribution in [-0.2, 0) is 10.0 Å². The van der Waals surface area contributed by atoms with E-state index in [4.69, 9.17) is 5.14 Å². The maximum Gasteiger partial charge on any atom is 0.295 e. The number of nitro benzene ring substituents is 1. The fourth-order valence-corrected chi connectivity index (χ4v) is 3.81. The third-order valence-corrected chi connectivity index (χ3v) is 4.91. The molecular weight excluding hydrogens is 332 g/mol. The van der Waals surface area contributed by atoms with Crippen molar-refractivity contribution >= 4 is 27.1 Å². The first-order valence-corrected chi connectivity index (χ1v) is 9.15. The van der Waals surface area contributed by atoms with Crippen LogP contribution in [0.3, 0.4) is 0 Å². The van der Waals surface area contributed by atoms with Crippen molar-refractivity contribution in [3.63, 3.8) is 0 Å². The largest absolute Gasteiger partial charge is 0.295 e. The number of anilines is 1. The van der Waals surface area contributed by atoms with Crippen LogP contribution in [0.2, 0.25) is 0 Å². The van der Waals surface area contributed by atoms with Crippen LogP contribution in [0, 0.1) is 21.4 Å². The maximum absolute atomic E-state index is 11.3. The lowest BCUT2D eigenvalue weighted by atomic mass is 9.72. The third-order valence-electron chi connectivity index (χ3n) is 4.00. The second kappa shape index (κ2) is 6.48. The number of sulfonamides is 1. The van der Waals surface area contributed by atoms with E-state index in [-0.39, 0.29) is 21.7 Å². The average molecular weight is 354 g/mol. The van der Waals surface area contributed by atoms with Crippen molar-refractivity contribution in [3.05, 3.63) is 28.3 Å². The molecule has 1 aromatic carbocycles. The smallest absolute Gasteiger partial charge is 0.272 e. The van der Waals surface area contributed by atoms with Crippen molar-refractivity contribution in [1.82, 2.24) is 0 Å². The number of hydrogen-bond donors (Lipinski definition) is 2. The van der Waals surface area contributed by atoms with Gasteiger partial charge >= 0.3 is 0 Å². The molecule has 1 fully saturated rings. The molecule has 1 aliphatic rings. The van der Waals surface area contributed by atoms with Gasteiger partial charge < -0.3 is 0 Å². The standard InChI is InChI=1S/C15H22N4O4S/c1-10-6-11(9-15(2,3)8-10)17-18-13-5-4-12(24(16,22)23)7-14(13)19(20)21/h4-5,7,10,18H,6,8-9H2,1-3H3,(H2,16,22,23)/b17-11-/t10-/m1/s1. The van der Waals surface area contributed by atoms with Crippen molar-refractivity contribution in [2.45, 2.75) is 44.9 Å².